The van der Waals surface area contributed by atoms with E-state index in [1.807, 2.05) is 29.2 Å². The first-order valence-electron chi connectivity index (χ1n) is 9.77. The highest BCUT2D eigenvalue weighted by Crippen LogP contribution is 2.48. The van der Waals surface area contributed by atoms with Crippen LogP contribution in [0.1, 0.15) is 48.2 Å². The molecule has 5 heterocycles. The molecule has 3 atom stereocenters. The van der Waals surface area contributed by atoms with Gasteiger partial charge < -0.3 is 10.1 Å². The van der Waals surface area contributed by atoms with Gasteiger partial charge in [0.15, 0.2) is 0 Å². The Hall–Kier alpha value is -1.73. The van der Waals surface area contributed by atoms with Crippen molar-refractivity contribution in [3.63, 3.8) is 0 Å². The van der Waals surface area contributed by atoms with E-state index in [9.17, 15) is 0 Å². The molecule has 1 fully saturated rings. The minimum Gasteiger partial charge on any atom is -0.369 e. The number of pyridine rings is 1. The summed E-state index contributed by atoms with van der Waals surface area (Å²) in [4.78, 5) is 5.52. The smallest absolute Gasteiger partial charge is 0.104 e. The number of nitrogens with zero attached hydrogens (tertiary/aromatic N) is 3. The summed E-state index contributed by atoms with van der Waals surface area (Å²) in [6, 6.07) is 6.66. The summed E-state index contributed by atoms with van der Waals surface area (Å²) in [5.74, 6) is 0. The van der Waals surface area contributed by atoms with Crippen molar-refractivity contribution in [1.29, 1.82) is 0 Å². The maximum atomic E-state index is 6.44. The molecule has 5 rings (SSSR count). The molecule has 146 valence electrons. The molecule has 0 saturated carbocycles. The lowest BCUT2D eigenvalue weighted by Crippen LogP contribution is -2.38. The molecule has 5 nitrogen and oxygen atoms in total. The Morgan fingerprint density at radius 2 is 2.32 bits per heavy atom. The standard InChI is InChI=1S/C21H23ClN4OS/c1-14-10-21(20-15(5-8-27-21)9-19(22)28-20)6-4-18(25-14)16-11-24-26(13-16)17-3-2-7-23-12-17/h2-3,7,9,11-14,18,25H,4-6,8,10H2,1H3/t14-,18-,21+/m0/s1. The Labute approximate surface area is 173 Å². The Kier molecular flexibility index (Phi) is 4.75. The number of rotatable bonds is 2. The summed E-state index contributed by atoms with van der Waals surface area (Å²) in [6.45, 7) is 3.02. The minimum atomic E-state index is -0.216. The molecule has 3 aromatic heterocycles. The molecule has 0 amide bonds. The third-order valence-electron chi connectivity index (χ3n) is 5.82. The predicted molar refractivity (Wildman–Crippen MR) is 111 cm³/mol. The average Bonchev–Trinajstić information content (AvgIpc) is 3.29. The Morgan fingerprint density at radius 1 is 1.39 bits per heavy atom. The fraction of sp³-hybridized carbons (Fsp3) is 0.429. The van der Waals surface area contributed by atoms with Gasteiger partial charge in [-0.3, -0.25) is 4.98 Å². The molecule has 0 bridgehead atoms. The van der Waals surface area contributed by atoms with E-state index < -0.39 is 0 Å². The largest absolute Gasteiger partial charge is 0.369 e. The van der Waals surface area contributed by atoms with Crippen LogP contribution in [-0.4, -0.2) is 27.4 Å². The van der Waals surface area contributed by atoms with Gasteiger partial charge in [-0.1, -0.05) is 11.6 Å². The van der Waals surface area contributed by atoms with Crippen LogP contribution in [0.5, 0.6) is 0 Å². The molecule has 2 aliphatic heterocycles. The maximum absolute atomic E-state index is 6.44. The summed E-state index contributed by atoms with van der Waals surface area (Å²) in [7, 11) is 0. The Bertz CT molecular complexity index is 972. The molecular formula is C21H23ClN4OS. The van der Waals surface area contributed by atoms with Crippen molar-refractivity contribution in [1.82, 2.24) is 20.1 Å². The van der Waals surface area contributed by atoms with Crippen LogP contribution >= 0.6 is 22.9 Å². The van der Waals surface area contributed by atoms with E-state index in [0.717, 1.165) is 42.3 Å². The number of hydrogen-bond donors (Lipinski definition) is 1. The van der Waals surface area contributed by atoms with E-state index in [0.29, 0.717) is 6.04 Å². The number of nitrogens with one attached hydrogen (secondary N) is 1. The molecular weight excluding hydrogens is 392 g/mol. The van der Waals surface area contributed by atoms with Crippen LogP contribution in [0.2, 0.25) is 4.34 Å². The monoisotopic (exact) mass is 414 g/mol. The molecule has 1 saturated heterocycles. The highest BCUT2D eigenvalue weighted by atomic mass is 35.5. The molecule has 0 aromatic carbocycles. The van der Waals surface area contributed by atoms with Crippen molar-refractivity contribution in [2.24, 2.45) is 0 Å². The number of aromatic nitrogens is 3. The van der Waals surface area contributed by atoms with Gasteiger partial charge in [0.05, 0.1) is 29.0 Å². The molecule has 3 aromatic rings. The number of thiophene rings is 1. The summed E-state index contributed by atoms with van der Waals surface area (Å²) < 4.78 is 9.20. The van der Waals surface area contributed by atoms with Gasteiger partial charge >= 0.3 is 0 Å². The van der Waals surface area contributed by atoms with Crippen molar-refractivity contribution in [2.45, 2.75) is 50.3 Å². The van der Waals surface area contributed by atoms with Crippen LogP contribution in [0.3, 0.4) is 0 Å². The molecule has 0 unspecified atom stereocenters. The van der Waals surface area contributed by atoms with E-state index in [1.54, 1.807) is 17.5 Å². The van der Waals surface area contributed by atoms with Gasteiger partial charge in [-0.15, -0.1) is 11.3 Å². The van der Waals surface area contributed by atoms with Crippen molar-refractivity contribution >= 4 is 22.9 Å². The second kappa shape index (κ2) is 7.26. The highest BCUT2D eigenvalue weighted by Gasteiger charge is 2.43. The number of fused-ring (bicyclic) bond motifs is 2. The van der Waals surface area contributed by atoms with Gasteiger partial charge in [-0.2, -0.15) is 5.10 Å². The Morgan fingerprint density at radius 3 is 3.18 bits per heavy atom. The Balaban J connectivity index is 1.41. The van der Waals surface area contributed by atoms with Gasteiger partial charge in [0, 0.05) is 34.9 Å². The van der Waals surface area contributed by atoms with E-state index >= 15 is 0 Å². The lowest BCUT2D eigenvalue weighted by Gasteiger charge is -2.37. The second-order valence-corrected chi connectivity index (χ2v) is 9.47. The summed E-state index contributed by atoms with van der Waals surface area (Å²) >= 11 is 8.04. The zero-order chi connectivity index (χ0) is 19.1. The second-order valence-electron chi connectivity index (χ2n) is 7.79. The highest BCUT2D eigenvalue weighted by molar-refractivity contribution is 7.16. The number of hydrogen-bond acceptors (Lipinski definition) is 5. The molecule has 7 heteroatoms. The van der Waals surface area contributed by atoms with Crippen LogP contribution < -0.4 is 5.32 Å². The fourth-order valence-electron chi connectivity index (χ4n) is 4.60. The fourth-order valence-corrected chi connectivity index (χ4v) is 6.08. The van der Waals surface area contributed by atoms with Gasteiger partial charge in [0.25, 0.3) is 0 Å². The third-order valence-corrected chi connectivity index (χ3v) is 7.31. The van der Waals surface area contributed by atoms with Crippen LogP contribution in [0.25, 0.3) is 5.69 Å². The normalized spacial score (nSPS) is 27.5. The van der Waals surface area contributed by atoms with Crippen LogP contribution in [-0.2, 0) is 16.8 Å². The van der Waals surface area contributed by atoms with E-state index in [-0.39, 0.29) is 11.6 Å². The summed E-state index contributed by atoms with van der Waals surface area (Å²) in [6.07, 6.45) is 11.6. The van der Waals surface area contributed by atoms with E-state index in [1.165, 1.54) is 16.0 Å². The molecule has 0 aliphatic carbocycles. The van der Waals surface area contributed by atoms with E-state index in [4.69, 9.17) is 16.3 Å². The minimum absolute atomic E-state index is 0.216. The first kappa shape index (κ1) is 18.3. The quantitative estimate of drug-likeness (QED) is 0.662. The average molecular weight is 415 g/mol. The van der Waals surface area contributed by atoms with Crippen LogP contribution in [0, 0.1) is 0 Å². The molecule has 0 radical (unpaired) electrons. The van der Waals surface area contributed by atoms with Gasteiger partial charge in [-0.25, -0.2) is 4.68 Å². The lowest BCUT2D eigenvalue weighted by atomic mass is 9.85. The predicted octanol–water partition coefficient (Wildman–Crippen LogP) is 4.65. The first-order chi connectivity index (χ1) is 13.6. The molecule has 1 spiro atoms. The van der Waals surface area contributed by atoms with Crippen molar-refractivity contribution in [3.05, 3.63) is 63.3 Å². The summed E-state index contributed by atoms with van der Waals surface area (Å²) in [5, 5.41) is 8.34. The van der Waals surface area contributed by atoms with Crippen molar-refractivity contribution < 1.29 is 4.74 Å². The lowest BCUT2D eigenvalue weighted by molar-refractivity contribution is -0.0704. The molecule has 1 N–H and O–H groups in total. The number of ether oxygens (including phenoxy) is 1. The van der Waals surface area contributed by atoms with Crippen molar-refractivity contribution in [3.8, 4) is 5.69 Å². The zero-order valence-corrected chi connectivity index (χ0v) is 17.3. The maximum Gasteiger partial charge on any atom is 0.104 e. The zero-order valence-electron chi connectivity index (χ0n) is 15.8. The van der Waals surface area contributed by atoms with Crippen molar-refractivity contribution in [2.75, 3.05) is 6.61 Å². The third kappa shape index (κ3) is 3.28. The van der Waals surface area contributed by atoms with Crippen LogP contribution in [0.4, 0.5) is 0 Å². The SMILES string of the molecule is C[C@H]1C[C@@]2(CC[C@@H](c3cnn(-c4cccnc4)c3)N1)OCCc1cc(Cl)sc12. The van der Waals surface area contributed by atoms with Gasteiger partial charge in [0.1, 0.15) is 5.60 Å². The first-order valence-corrected chi connectivity index (χ1v) is 11.0. The van der Waals surface area contributed by atoms with E-state index in [2.05, 4.69) is 34.6 Å². The van der Waals surface area contributed by atoms with Gasteiger partial charge in [0.2, 0.25) is 0 Å². The molecule has 28 heavy (non-hydrogen) atoms. The summed E-state index contributed by atoms with van der Waals surface area (Å²) in [5.41, 5.74) is 3.33. The van der Waals surface area contributed by atoms with Crippen LogP contribution in [0.15, 0.2) is 43.0 Å². The topological polar surface area (TPSA) is 52.0 Å². The van der Waals surface area contributed by atoms with Gasteiger partial charge in [-0.05, 0) is 56.4 Å². The number of halogens is 1. The molecule has 2 aliphatic rings.